The van der Waals surface area contributed by atoms with Crippen molar-refractivity contribution in [3.05, 3.63) is 82.2 Å². The second-order valence-corrected chi connectivity index (χ2v) is 8.53. The Morgan fingerprint density at radius 2 is 1.94 bits per heavy atom. The minimum absolute atomic E-state index is 0.00549. The van der Waals surface area contributed by atoms with Gasteiger partial charge in [-0.15, -0.1) is 0 Å². The Balaban J connectivity index is 1.56. The van der Waals surface area contributed by atoms with Crippen molar-refractivity contribution in [3.63, 3.8) is 0 Å². The third-order valence-electron chi connectivity index (χ3n) is 5.02. The summed E-state index contributed by atoms with van der Waals surface area (Å²) in [6.45, 7) is 4.10. The number of nitrogens with zero attached hydrogens (tertiary/aromatic N) is 5. The van der Waals surface area contributed by atoms with Gasteiger partial charge in [-0.2, -0.15) is 0 Å². The van der Waals surface area contributed by atoms with Gasteiger partial charge in [-0.3, -0.25) is 9.97 Å². The number of hydrogen-bond donors (Lipinski definition) is 0. The molecule has 0 atom stereocenters. The number of halogens is 3. The first-order valence-corrected chi connectivity index (χ1v) is 11.6. The van der Waals surface area contributed by atoms with Crippen LogP contribution < -0.4 is 4.90 Å². The Bertz CT molecular complexity index is 1270. The highest BCUT2D eigenvalue weighted by Gasteiger charge is 2.22. The molecule has 0 fully saturated rings. The summed E-state index contributed by atoms with van der Waals surface area (Å²) < 4.78 is 32.6. The van der Waals surface area contributed by atoms with Crippen molar-refractivity contribution in [2.45, 2.75) is 25.6 Å². The van der Waals surface area contributed by atoms with Crippen molar-refractivity contribution in [2.75, 3.05) is 17.7 Å². The summed E-state index contributed by atoms with van der Waals surface area (Å²) in [5.41, 5.74) is 4.24. The van der Waals surface area contributed by atoms with Crippen LogP contribution in [0.2, 0.25) is 0 Å². The number of pyridine rings is 2. The highest BCUT2D eigenvalue weighted by atomic mass is 35.5. The van der Waals surface area contributed by atoms with Gasteiger partial charge in [0.15, 0.2) is 11.0 Å². The molecule has 10 heteroatoms. The highest BCUT2D eigenvalue weighted by molar-refractivity contribution is 7.98. The molecule has 0 spiro atoms. The number of rotatable bonds is 6. The molecule has 4 heterocycles. The molecule has 0 unspecified atom stereocenters. The van der Waals surface area contributed by atoms with Crippen molar-refractivity contribution >= 4 is 29.1 Å². The van der Waals surface area contributed by atoms with E-state index >= 15 is 0 Å². The van der Waals surface area contributed by atoms with Gasteiger partial charge in [0.1, 0.15) is 23.9 Å². The van der Waals surface area contributed by atoms with E-state index in [0.717, 1.165) is 40.6 Å². The van der Waals surface area contributed by atoms with Gasteiger partial charge in [-0.25, -0.2) is 18.7 Å². The number of anilines is 1. The molecule has 0 bridgehead atoms. The molecular formula is C23H20ClF2N5OS. The molecule has 33 heavy (non-hydrogen) atoms. The minimum atomic E-state index is -0.765. The highest BCUT2D eigenvalue weighted by Crippen LogP contribution is 2.33. The second kappa shape index (κ2) is 9.84. The summed E-state index contributed by atoms with van der Waals surface area (Å²) in [6, 6.07) is 4.56. The van der Waals surface area contributed by atoms with Crippen molar-refractivity contribution in [2.24, 2.45) is 0 Å². The number of thioether (sulfide) groups is 1. The van der Waals surface area contributed by atoms with Crippen LogP contribution in [0.15, 0.2) is 64.5 Å². The van der Waals surface area contributed by atoms with E-state index in [1.54, 1.807) is 18.5 Å². The molecule has 170 valence electrons. The first kappa shape index (κ1) is 23.1. The second-order valence-electron chi connectivity index (χ2n) is 7.30. The van der Waals surface area contributed by atoms with Gasteiger partial charge >= 0.3 is 0 Å². The minimum Gasteiger partial charge on any atom is -0.486 e. The van der Waals surface area contributed by atoms with Gasteiger partial charge in [-0.1, -0.05) is 23.4 Å². The fraction of sp³-hybridized carbons (Fsp3) is 0.217. The summed E-state index contributed by atoms with van der Waals surface area (Å²) in [7, 11) is 0. The fourth-order valence-corrected chi connectivity index (χ4v) is 3.89. The Morgan fingerprint density at radius 1 is 1.12 bits per heavy atom. The predicted octanol–water partition coefficient (Wildman–Crippen LogP) is 5.63. The number of aryl methyl sites for hydroxylation is 1. The topological polar surface area (TPSA) is 64.0 Å². The van der Waals surface area contributed by atoms with E-state index in [-0.39, 0.29) is 12.3 Å². The summed E-state index contributed by atoms with van der Waals surface area (Å²) in [4.78, 5) is 19.1. The largest absolute Gasteiger partial charge is 0.486 e. The molecule has 0 saturated carbocycles. The Morgan fingerprint density at radius 3 is 2.70 bits per heavy atom. The smallest absolute Gasteiger partial charge is 0.187 e. The molecule has 0 radical (unpaired) electrons. The van der Waals surface area contributed by atoms with Crippen LogP contribution in [0.5, 0.6) is 0 Å². The zero-order chi connectivity index (χ0) is 23.5. The quantitative estimate of drug-likeness (QED) is 0.329. The predicted molar refractivity (Wildman–Crippen MR) is 125 cm³/mol. The molecule has 0 saturated heterocycles. The number of hydrogen-bond acceptors (Lipinski definition) is 7. The van der Waals surface area contributed by atoms with Gasteiger partial charge in [-0.05, 0) is 37.8 Å². The van der Waals surface area contributed by atoms with E-state index in [2.05, 4.69) is 19.9 Å². The maximum atomic E-state index is 13.9. The van der Waals surface area contributed by atoms with Gasteiger partial charge in [0.25, 0.3) is 0 Å². The molecule has 1 aliphatic rings. The molecule has 3 aromatic rings. The summed E-state index contributed by atoms with van der Waals surface area (Å²) >= 11 is 7.99. The molecule has 6 nitrogen and oxygen atoms in total. The molecule has 3 aromatic heterocycles. The van der Waals surface area contributed by atoms with Gasteiger partial charge in [0.05, 0.1) is 29.2 Å². The maximum absolute atomic E-state index is 13.9. The lowest BCUT2D eigenvalue weighted by atomic mass is 10.1. The van der Waals surface area contributed by atoms with Crippen LogP contribution in [0, 0.1) is 18.6 Å². The van der Waals surface area contributed by atoms with Crippen LogP contribution in [0.1, 0.15) is 18.2 Å². The number of ether oxygens (including phenoxy) is 1. The van der Waals surface area contributed by atoms with E-state index in [1.165, 1.54) is 11.8 Å². The molecule has 0 amide bonds. The molecule has 4 rings (SSSR count). The monoisotopic (exact) mass is 487 g/mol. The normalized spacial score (nSPS) is 13.9. The fourth-order valence-electron chi connectivity index (χ4n) is 3.30. The van der Waals surface area contributed by atoms with Crippen LogP contribution in [0.3, 0.4) is 0 Å². The van der Waals surface area contributed by atoms with E-state index in [0.29, 0.717) is 22.5 Å². The van der Waals surface area contributed by atoms with Crippen LogP contribution in [0.4, 0.5) is 14.5 Å². The van der Waals surface area contributed by atoms with Crippen molar-refractivity contribution < 1.29 is 13.5 Å². The molecule has 0 aromatic carbocycles. The van der Waals surface area contributed by atoms with Crippen molar-refractivity contribution in [3.8, 4) is 11.4 Å². The summed E-state index contributed by atoms with van der Waals surface area (Å²) in [6.07, 6.45) is 8.16. The first-order chi connectivity index (χ1) is 15.9. The van der Waals surface area contributed by atoms with Crippen molar-refractivity contribution in [1.29, 1.82) is 0 Å². The van der Waals surface area contributed by atoms with Crippen LogP contribution >= 0.6 is 23.4 Å². The number of aromatic nitrogens is 4. The third-order valence-corrected chi connectivity index (χ3v) is 5.89. The van der Waals surface area contributed by atoms with E-state index in [9.17, 15) is 8.78 Å². The molecule has 1 aliphatic heterocycles. The zero-order valence-corrected chi connectivity index (χ0v) is 19.7. The molecular weight excluding hydrogens is 468 g/mol. The molecule has 0 aliphatic carbocycles. The maximum Gasteiger partial charge on any atom is 0.187 e. The lowest BCUT2D eigenvalue weighted by molar-refractivity contribution is 0.200. The zero-order valence-electron chi connectivity index (χ0n) is 18.1. The lowest BCUT2D eigenvalue weighted by Gasteiger charge is -2.31. The van der Waals surface area contributed by atoms with E-state index in [4.69, 9.17) is 16.3 Å². The van der Waals surface area contributed by atoms with E-state index in [1.807, 2.05) is 37.1 Å². The Hall–Kier alpha value is -3.04. The SMILES string of the molecule is CSc1nccc(-c2cc(N3CC(Cl)=C(OCc4ncc(F)cc4F)C=C3C)c(C)cn2)n1. The van der Waals surface area contributed by atoms with Gasteiger partial charge in [0, 0.05) is 35.9 Å². The van der Waals surface area contributed by atoms with Crippen LogP contribution in [-0.4, -0.2) is 32.7 Å². The third kappa shape index (κ3) is 5.15. The Labute approximate surface area is 199 Å². The Kier molecular flexibility index (Phi) is 6.90. The van der Waals surface area contributed by atoms with E-state index < -0.39 is 11.6 Å². The van der Waals surface area contributed by atoms with Crippen molar-refractivity contribution in [1.82, 2.24) is 19.9 Å². The van der Waals surface area contributed by atoms with Crippen LogP contribution in [-0.2, 0) is 11.3 Å². The lowest BCUT2D eigenvalue weighted by Crippen LogP contribution is -2.27. The average Bonchev–Trinajstić information content (AvgIpc) is 2.81. The van der Waals surface area contributed by atoms with Gasteiger partial charge < -0.3 is 9.64 Å². The van der Waals surface area contributed by atoms with Crippen LogP contribution in [0.25, 0.3) is 11.4 Å². The average molecular weight is 488 g/mol. The van der Waals surface area contributed by atoms with Gasteiger partial charge in [0.2, 0.25) is 0 Å². The standard InChI is InChI=1S/C23H20ClF2N5OS/c1-13-9-28-19(18-4-5-27-23(30-18)33-3)8-21(13)31-11-16(24)22(6-14(31)2)32-12-20-17(26)7-15(25)10-29-20/h4-10H,11-12H2,1-3H3. The summed E-state index contributed by atoms with van der Waals surface area (Å²) in [5, 5.41) is 1.12. The number of allylic oxidation sites excluding steroid dienone is 2. The summed E-state index contributed by atoms with van der Waals surface area (Å²) in [5.74, 6) is -1.08. The first-order valence-electron chi connectivity index (χ1n) is 9.97. The molecule has 0 N–H and O–H groups in total.